The van der Waals surface area contributed by atoms with Gasteiger partial charge in [-0.3, -0.25) is 0 Å². The Morgan fingerprint density at radius 1 is 1.10 bits per heavy atom. The number of rotatable bonds is 3. The van der Waals surface area contributed by atoms with Gasteiger partial charge in [0.25, 0.3) is 0 Å². The van der Waals surface area contributed by atoms with Crippen LogP contribution >= 0.6 is 23.7 Å². The second kappa shape index (κ2) is 6.11. The molecular formula is C14H13ClN2O2S2. The molecule has 3 aromatic rings. The van der Waals surface area contributed by atoms with Gasteiger partial charge < -0.3 is 5.73 Å². The molecule has 0 radical (unpaired) electrons. The standard InChI is InChI=1S/C14H12N2O2S2.ClH/c15-8-13-16-14(9-19-13)20(17,18)12-6-5-10-3-1-2-4-11(10)7-12;/h1-7,9H,8,15H2;1H. The Labute approximate surface area is 133 Å². The van der Waals surface area contributed by atoms with Gasteiger partial charge >= 0.3 is 0 Å². The number of fused-ring (bicyclic) bond motifs is 1. The highest BCUT2D eigenvalue weighted by Crippen LogP contribution is 2.25. The van der Waals surface area contributed by atoms with Gasteiger partial charge in [0.2, 0.25) is 9.84 Å². The maximum Gasteiger partial charge on any atom is 0.224 e. The van der Waals surface area contributed by atoms with Gasteiger partial charge in [0.1, 0.15) is 5.01 Å². The van der Waals surface area contributed by atoms with Crippen LogP contribution in [0, 0.1) is 0 Å². The third-order valence-corrected chi connectivity index (χ3v) is 5.67. The fraction of sp³-hybridized carbons (Fsp3) is 0.0714. The van der Waals surface area contributed by atoms with Gasteiger partial charge in [-0.15, -0.1) is 23.7 Å². The van der Waals surface area contributed by atoms with E-state index in [2.05, 4.69) is 4.98 Å². The number of sulfone groups is 1. The molecule has 0 aliphatic rings. The Balaban J connectivity index is 0.00000161. The topological polar surface area (TPSA) is 73.0 Å². The number of nitrogens with two attached hydrogens (primary N) is 1. The highest BCUT2D eigenvalue weighted by atomic mass is 35.5. The van der Waals surface area contributed by atoms with Crippen molar-refractivity contribution in [2.24, 2.45) is 5.73 Å². The van der Waals surface area contributed by atoms with E-state index in [-0.39, 0.29) is 28.9 Å². The molecule has 0 saturated carbocycles. The van der Waals surface area contributed by atoms with Crippen molar-refractivity contribution in [2.45, 2.75) is 16.5 Å². The van der Waals surface area contributed by atoms with Gasteiger partial charge in [0.05, 0.1) is 4.90 Å². The van der Waals surface area contributed by atoms with Crippen molar-refractivity contribution in [3.63, 3.8) is 0 Å². The predicted molar refractivity (Wildman–Crippen MR) is 86.7 cm³/mol. The molecule has 2 N–H and O–H groups in total. The number of thiazole rings is 1. The van der Waals surface area contributed by atoms with E-state index in [1.165, 1.54) is 16.7 Å². The minimum absolute atomic E-state index is 0. The number of aromatic nitrogens is 1. The number of hydrogen-bond donors (Lipinski definition) is 1. The maximum atomic E-state index is 12.5. The van der Waals surface area contributed by atoms with Crippen LogP contribution in [0.4, 0.5) is 0 Å². The van der Waals surface area contributed by atoms with Gasteiger partial charge in [-0.05, 0) is 22.9 Å². The van der Waals surface area contributed by atoms with Gasteiger partial charge in [-0.25, -0.2) is 13.4 Å². The second-order valence-corrected chi connectivity index (χ2v) is 7.14. The molecule has 0 bridgehead atoms. The van der Waals surface area contributed by atoms with Gasteiger partial charge in [0, 0.05) is 11.9 Å². The fourth-order valence-electron chi connectivity index (χ4n) is 1.97. The Bertz CT molecular complexity index is 875. The first kappa shape index (κ1) is 15.9. The highest BCUT2D eigenvalue weighted by Gasteiger charge is 2.21. The molecule has 1 aromatic heterocycles. The quantitative estimate of drug-likeness (QED) is 0.795. The van der Waals surface area contributed by atoms with Gasteiger partial charge in [-0.1, -0.05) is 30.3 Å². The number of halogens is 1. The lowest BCUT2D eigenvalue weighted by Gasteiger charge is -2.03. The minimum Gasteiger partial charge on any atom is -0.325 e. The largest absolute Gasteiger partial charge is 0.325 e. The molecule has 0 spiro atoms. The molecule has 0 aliphatic heterocycles. The first-order valence-electron chi connectivity index (χ1n) is 5.99. The summed E-state index contributed by atoms with van der Waals surface area (Å²) >= 11 is 1.26. The monoisotopic (exact) mass is 340 g/mol. The smallest absolute Gasteiger partial charge is 0.224 e. The first-order chi connectivity index (χ1) is 9.61. The lowest BCUT2D eigenvalue weighted by atomic mass is 10.1. The molecule has 21 heavy (non-hydrogen) atoms. The summed E-state index contributed by atoms with van der Waals surface area (Å²) in [5.74, 6) is 0. The Hall–Kier alpha value is -1.47. The lowest BCUT2D eigenvalue weighted by Crippen LogP contribution is -2.03. The molecule has 0 fully saturated rings. The Morgan fingerprint density at radius 2 is 1.81 bits per heavy atom. The third kappa shape index (κ3) is 2.94. The van der Waals surface area contributed by atoms with Crippen LogP contribution in [0.2, 0.25) is 0 Å². The molecule has 4 nitrogen and oxygen atoms in total. The number of hydrogen-bond acceptors (Lipinski definition) is 5. The highest BCUT2D eigenvalue weighted by molar-refractivity contribution is 7.91. The van der Waals surface area contributed by atoms with Crippen LogP contribution < -0.4 is 5.73 Å². The maximum absolute atomic E-state index is 12.5. The zero-order valence-electron chi connectivity index (χ0n) is 10.9. The summed E-state index contributed by atoms with van der Waals surface area (Å²) in [6.45, 7) is 0.248. The molecule has 7 heteroatoms. The van der Waals surface area contributed by atoms with E-state index >= 15 is 0 Å². The minimum atomic E-state index is -3.58. The van der Waals surface area contributed by atoms with Crippen molar-refractivity contribution in [2.75, 3.05) is 0 Å². The molecule has 3 rings (SSSR count). The van der Waals surface area contributed by atoms with Crippen molar-refractivity contribution >= 4 is 44.4 Å². The van der Waals surface area contributed by atoms with Crippen molar-refractivity contribution in [1.29, 1.82) is 0 Å². The van der Waals surface area contributed by atoms with E-state index < -0.39 is 9.84 Å². The van der Waals surface area contributed by atoms with Crippen molar-refractivity contribution in [3.05, 3.63) is 52.9 Å². The molecule has 0 saturated heterocycles. The molecule has 2 aromatic carbocycles. The first-order valence-corrected chi connectivity index (χ1v) is 8.36. The predicted octanol–water partition coefficient (Wildman–Crippen LogP) is 3.01. The van der Waals surface area contributed by atoms with E-state index in [1.54, 1.807) is 18.2 Å². The van der Waals surface area contributed by atoms with Crippen LogP contribution in [0.15, 0.2) is 57.8 Å². The zero-order chi connectivity index (χ0) is 14.2. The summed E-state index contributed by atoms with van der Waals surface area (Å²) in [6.07, 6.45) is 0. The fourth-order valence-corrected chi connectivity index (χ4v) is 4.21. The zero-order valence-corrected chi connectivity index (χ0v) is 13.3. The van der Waals surface area contributed by atoms with E-state index in [4.69, 9.17) is 5.73 Å². The number of benzene rings is 2. The molecule has 0 unspecified atom stereocenters. The molecule has 110 valence electrons. The van der Waals surface area contributed by atoms with Crippen molar-refractivity contribution < 1.29 is 8.42 Å². The summed E-state index contributed by atoms with van der Waals surface area (Å²) in [4.78, 5) is 4.32. The van der Waals surface area contributed by atoms with Crippen LogP contribution in [0.5, 0.6) is 0 Å². The molecule has 0 aliphatic carbocycles. The summed E-state index contributed by atoms with van der Waals surface area (Å²) < 4.78 is 25.0. The lowest BCUT2D eigenvalue weighted by molar-refractivity contribution is 0.593. The van der Waals surface area contributed by atoms with E-state index in [9.17, 15) is 8.42 Å². The number of nitrogens with zero attached hydrogens (tertiary/aromatic N) is 1. The average molecular weight is 341 g/mol. The van der Waals surface area contributed by atoms with Crippen molar-refractivity contribution in [3.8, 4) is 0 Å². The third-order valence-electron chi connectivity index (χ3n) is 3.01. The summed E-state index contributed by atoms with van der Waals surface area (Å²) in [7, 11) is -3.58. The Morgan fingerprint density at radius 3 is 2.48 bits per heavy atom. The van der Waals surface area contributed by atoms with E-state index in [0.717, 1.165) is 10.8 Å². The Kier molecular flexibility index (Phi) is 4.63. The van der Waals surface area contributed by atoms with Gasteiger partial charge in [0.15, 0.2) is 5.03 Å². The summed E-state index contributed by atoms with van der Waals surface area (Å²) in [5, 5.41) is 4.12. The van der Waals surface area contributed by atoms with Crippen LogP contribution in [0.25, 0.3) is 10.8 Å². The van der Waals surface area contributed by atoms with Crippen LogP contribution in [-0.4, -0.2) is 13.4 Å². The molecule has 0 atom stereocenters. The molecular weight excluding hydrogens is 328 g/mol. The van der Waals surface area contributed by atoms with Crippen LogP contribution in [0.1, 0.15) is 5.01 Å². The summed E-state index contributed by atoms with van der Waals surface area (Å²) in [6, 6.07) is 12.7. The summed E-state index contributed by atoms with van der Waals surface area (Å²) in [5.41, 5.74) is 5.47. The van der Waals surface area contributed by atoms with Crippen molar-refractivity contribution in [1.82, 2.24) is 4.98 Å². The molecule has 0 amide bonds. The second-order valence-electron chi connectivity index (χ2n) is 4.30. The normalized spacial score (nSPS) is 11.3. The average Bonchev–Trinajstić information content (AvgIpc) is 2.96. The molecule has 1 heterocycles. The van der Waals surface area contributed by atoms with Crippen LogP contribution in [0.3, 0.4) is 0 Å². The van der Waals surface area contributed by atoms with E-state index in [1.807, 2.05) is 24.3 Å². The van der Waals surface area contributed by atoms with Gasteiger partial charge in [-0.2, -0.15) is 0 Å². The van der Waals surface area contributed by atoms with Crippen LogP contribution in [-0.2, 0) is 16.4 Å². The SMILES string of the molecule is Cl.NCc1nc(S(=O)(=O)c2ccc3ccccc3c2)cs1. The van der Waals surface area contributed by atoms with E-state index in [0.29, 0.717) is 5.01 Å².